The molecule has 138 valence electrons. The van der Waals surface area contributed by atoms with Gasteiger partial charge in [-0.1, -0.05) is 0 Å². The molecule has 0 amide bonds. The highest BCUT2D eigenvalue weighted by Crippen LogP contribution is 2.27. The Morgan fingerprint density at radius 2 is 2.04 bits per heavy atom. The lowest BCUT2D eigenvalue weighted by Crippen LogP contribution is -2.20. The van der Waals surface area contributed by atoms with E-state index >= 15 is 0 Å². The second kappa shape index (κ2) is 6.31. The predicted octanol–water partition coefficient (Wildman–Crippen LogP) is 3.19. The van der Waals surface area contributed by atoms with E-state index in [4.69, 9.17) is 14.8 Å². The highest BCUT2D eigenvalue weighted by Gasteiger charge is 2.21. The minimum atomic E-state index is 0.321. The number of rotatable bonds is 3. The van der Waals surface area contributed by atoms with Crippen molar-refractivity contribution in [1.29, 1.82) is 0 Å². The van der Waals surface area contributed by atoms with Crippen molar-refractivity contribution in [2.24, 2.45) is 0 Å². The number of imidazole rings is 1. The van der Waals surface area contributed by atoms with E-state index in [1.807, 2.05) is 47.6 Å². The third-order valence-corrected chi connectivity index (χ3v) is 5.15. The molecular formula is C19H21N7O. The molecule has 0 saturated carbocycles. The molecule has 1 saturated heterocycles. The molecule has 0 aliphatic carbocycles. The molecule has 27 heavy (non-hydrogen) atoms. The average Bonchev–Trinajstić information content (AvgIpc) is 3.26. The maximum Gasteiger partial charge on any atom is 0.229 e. The molecule has 0 bridgehead atoms. The third kappa shape index (κ3) is 2.82. The summed E-state index contributed by atoms with van der Waals surface area (Å²) in [6.07, 6.45) is 9.49. The van der Waals surface area contributed by atoms with E-state index in [0.29, 0.717) is 12.0 Å². The smallest absolute Gasteiger partial charge is 0.229 e. The first-order chi connectivity index (χ1) is 13.2. The number of nitrogens with zero attached hydrogens (tertiary/aromatic N) is 6. The molecule has 0 spiro atoms. The van der Waals surface area contributed by atoms with Crippen LogP contribution in [0, 0.1) is 13.8 Å². The molecule has 8 heteroatoms. The van der Waals surface area contributed by atoms with E-state index in [0.717, 1.165) is 59.7 Å². The summed E-state index contributed by atoms with van der Waals surface area (Å²) in [4.78, 5) is 13.6. The summed E-state index contributed by atoms with van der Waals surface area (Å²) >= 11 is 0. The van der Waals surface area contributed by atoms with Gasteiger partial charge in [0.05, 0.1) is 22.8 Å². The fourth-order valence-electron chi connectivity index (χ4n) is 3.62. The standard InChI is InChI=1S/C19H21N7O/c1-12-9-17-20-5-6-25(17)11-16(12)22-19-21-10-15-13(2)24-26(18(15)23-19)14-3-7-27-8-4-14/h5-6,9-11,14H,3-4,7-8H2,1-2H3,(H,21,22,23). The van der Waals surface area contributed by atoms with Crippen LogP contribution in [0.4, 0.5) is 11.6 Å². The van der Waals surface area contributed by atoms with E-state index in [1.54, 1.807) is 6.20 Å². The monoisotopic (exact) mass is 363 g/mol. The maximum absolute atomic E-state index is 5.49. The summed E-state index contributed by atoms with van der Waals surface area (Å²) in [5, 5.41) is 9.07. The van der Waals surface area contributed by atoms with Gasteiger partial charge in [0.25, 0.3) is 0 Å². The molecule has 8 nitrogen and oxygen atoms in total. The Labute approximate surface area is 156 Å². The number of fused-ring (bicyclic) bond motifs is 2. The van der Waals surface area contributed by atoms with Crippen LogP contribution in [-0.4, -0.2) is 42.3 Å². The molecular weight excluding hydrogens is 342 g/mol. The van der Waals surface area contributed by atoms with Crippen LogP contribution in [0.5, 0.6) is 0 Å². The van der Waals surface area contributed by atoms with Crippen LogP contribution < -0.4 is 5.32 Å². The molecule has 0 unspecified atom stereocenters. The lowest BCUT2D eigenvalue weighted by atomic mass is 10.1. The molecule has 1 aliphatic rings. The van der Waals surface area contributed by atoms with Crippen LogP contribution in [0.2, 0.25) is 0 Å². The highest BCUT2D eigenvalue weighted by atomic mass is 16.5. The van der Waals surface area contributed by atoms with E-state index in [1.165, 1.54) is 0 Å². The van der Waals surface area contributed by atoms with Crippen LogP contribution in [0.3, 0.4) is 0 Å². The van der Waals surface area contributed by atoms with Crippen LogP contribution in [-0.2, 0) is 4.74 Å². The summed E-state index contributed by atoms with van der Waals surface area (Å²) < 4.78 is 9.51. The minimum Gasteiger partial charge on any atom is -0.381 e. The second-order valence-electron chi connectivity index (χ2n) is 6.99. The number of pyridine rings is 1. The van der Waals surface area contributed by atoms with Gasteiger partial charge >= 0.3 is 0 Å². The fraction of sp³-hybridized carbons (Fsp3) is 0.368. The van der Waals surface area contributed by atoms with Crippen LogP contribution in [0.1, 0.15) is 30.1 Å². The molecule has 5 rings (SSSR count). The van der Waals surface area contributed by atoms with Crippen molar-refractivity contribution in [3.63, 3.8) is 0 Å². The van der Waals surface area contributed by atoms with Gasteiger partial charge in [-0.05, 0) is 38.3 Å². The summed E-state index contributed by atoms with van der Waals surface area (Å²) in [5.41, 5.74) is 4.79. The van der Waals surface area contributed by atoms with Gasteiger partial charge in [-0.3, -0.25) is 0 Å². The van der Waals surface area contributed by atoms with E-state index in [9.17, 15) is 0 Å². The zero-order valence-corrected chi connectivity index (χ0v) is 15.4. The van der Waals surface area contributed by atoms with Crippen molar-refractivity contribution >= 4 is 28.3 Å². The Balaban J connectivity index is 1.54. The number of ether oxygens (including phenoxy) is 1. The zero-order valence-electron chi connectivity index (χ0n) is 15.4. The Kier molecular flexibility index (Phi) is 3.78. The summed E-state index contributed by atoms with van der Waals surface area (Å²) in [6, 6.07) is 2.36. The molecule has 4 aromatic heterocycles. The number of nitrogens with one attached hydrogen (secondary N) is 1. The number of hydrogen-bond acceptors (Lipinski definition) is 6. The molecule has 1 fully saturated rings. The molecule has 0 radical (unpaired) electrons. The highest BCUT2D eigenvalue weighted by molar-refractivity contribution is 5.79. The van der Waals surface area contributed by atoms with Gasteiger partial charge in [-0.25, -0.2) is 14.6 Å². The summed E-state index contributed by atoms with van der Waals surface area (Å²) in [5.74, 6) is 0.568. The van der Waals surface area contributed by atoms with Gasteiger partial charge in [0.1, 0.15) is 5.65 Å². The first-order valence-corrected chi connectivity index (χ1v) is 9.19. The molecule has 4 aromatic rings. The Bertz CT molecular complexity index is 1120. The van der Waals surface area contributed by atoms with Gasteiger partial charge in [0.15, 0.2) is 5.65 Å². The number of hydrogen-bond donors (Lipinski definition) is 1. The summed E-state index contributed by atoms with van der Waals surface area (Å²) in [6.45, 7) is 5.59. The number of anilines is 2. The first-order valence-electron chi connectivity index (χ1n) is 9.19. The molecule has 1 N–H and O–H groups in total. The molecule has 0 atom stereocenters. The van der Waals surface area contributed by atoms with Crippen LogP contribution >= 0.6 is 0 Å². The van der Waals surface area contributed by atoms with Gasteiger partial charge in [-0.15, -0.1) is 0 Å². The van der Waals surface area contributed by atoms with Gasteiger partial charge < -0.3 is 14.5 Å². The fourth-order valence-corrected chi connectivity index (χ4v) is 3.62. The van der Waals surface area contributed by atoms with Crippen molar-refractivity contribution in [2.45, 2.75) is 32.7 Å². The predicted molar refractivity (Wildman–Crippen MR) is 102 cm³/mol. The van der Waals surface area contributed by atoms with Gasteiger partial charge in [0, 0.05) is 38.0 Å². The lowest BCUT2D eigenvalue weighted by Gasteiger charge is -2.22. The Hall–Kier alpha value is -3.00. The normalized spacial score (nSPS) is 15.6. The first kappa shape index (κ1) is 16.2. The van der Waals surface area contributed by atoms with Crippen LogP contribution in [0.25, 0.3) is 16.7 Å². The minimum absolute atomic E-state index is 0.321. The lowest BCUT2D eigenvalue weighted by molar-refractivity contribution is 0.0672. The van der Waals surface area contributed by atoms with Crippen molar-refractivity contribution in [1.82, 2.24) is 29.1 Å². The van der Waals surface area contributed by atoms with Gasteiger partial charge in [-0.2, -0.15) is 10.1 Å². The SMILES string of the molecule is Cc1cc2nccn2cc1Nc1ncc2c(C)nn(C3CCOCC3)c2n1. The average molecular weight is 363 g/mol. The van der Waals surface area contributed by atoms with E-state index < -0.39 is 0 Å². The Morgan fingerprint density at radius 3 is 2.89 bits per heavy atom. The Morgan fingerprint density at radius 1 is 1.19 bits per heavy atom. The van der Waals surface area contributed by atoms with E-state index in [-0.39, 0.29) is 0 Å². The van der Waals surface area contributed by atoms with Crippen molar-refractivity contribution in [3.05, 3.63) is 42.1 Å². The second-order valence-corrected chi connectivity index (χ2v) is 6.99. The third-order valence-electron chi connectivity index (χ3n) is 5.15. The largest absolute Gasteiger partial charge is 0.381 e. The number of aryl methyl sites for hydroxylation is 2. The van der Waals surface area contributed by atoms with Gasteiger partial charge in [0.2, 0.25) is 5.95 Å². The molecule has 5 heterocycles. The quantitative estimate of drug-likeness (QED) is 0.602. The van der Waals surface area contributed by atoms with Crippen molar-refractivity contribution < 1.29 is 4.74 Å². The number of aromatic nitrogens is 6. The molecule has 0 aromatic carbocycles. The topological polar surface area (TPSA) is 82.2 Å². The zero-order chi connectivity index (χ0) is 18.4. The summed E-state index contributed by atoms with van der Waals surface area (Å²) in [7, 11) is 0. The molecule has 1 aliphatic heterocycles. The maximum atomic E-state index is 5.49. The van der Waals surface area contributed by atoms with Crippen molar-refractivity contribution in [3.8, 4) is 0 Å². The van der Waals surface area contributed by atoms with Crippen LogP contribution in [0.15, 0.2) is 30.9 Å². The van der Waals surface area contributed by atoms with Crippen molar-refractivity contribution in [2.75, 3.05) is 18.5 Å². The van der Waals surface area contributed by atoms with E-state index in [2.05, 4.69) is 15.3 Å².